The molecule has 0 aliphatic heterocycles. The number of anilines is 1. The van der Waals surface area contributed by atoms with Crippen molar-refractivity contribution in [1.29, 1.82) is 0 Å². The van der Waals surface area contributed by atoms with Crippen LogP contribution in [-0.2, 0) is 0 Å². The summed E-state index contributed by atoms with van der Waals surface area (Å²) in [7, 11) is 0. The first kappa shape index (κ1) is 14.5. The van der Waals surface area contributed by atoms with Crippen molar-refractivity contribution in [2.24, 2.45) is 0 Å². The maximum Gasteiger partial charge on any atom is 0.258 e. The molecule has 0 aliphatic carbocycles. The van der Waals surface area contributed by atoms with E-state index in [2.05, 4.69) is 10.3 Å². The lowest BCUT2D eigenvalue weighted by molar-refractivity contribution is 0.102. The van der Waals surface area contributed by atoms with Crippen LogP contribution in [0.3, 0.4) is 0 Å². The number of nitrogens with one attached hydrogen (secondary N) is 1. The summed E-state index contributed by atoms with van der Waals surface area (Å²) in [6.45, 7) is 1.99. The standard InChI is InChI=1S/C14H12F2N2OS/c1-2-20-11-6-4-3-5-10(11)18-14(19)9-7-8-17-13(16)12(9)15/h3-8H,2H2,1H3,(H,18,19). The number of carbonyl (C=O) groups excluding carboxylic acids is 1. The van der Waals surface area contributed by atoms with Crippen molar-refractivity contribution in [2.75, 3.05) is 11.1 Å². The Morgan fingerprint density at radius 2 is 2.05 bits per heavy atom. The second-order valence-electron chi connectivity index (χ2n) is 3.85. The molecule has 0 spiro atoms. The van der Waals surface area contributed by atoms with E-state index in [1.165, 1.54) is 0 Å². The molecule has 104 valence electrons. The topological polar surface area (TPSA) is 42.0 Å². The molecular weight excluding hydrogens is 282 g/mol. The molecule has 20 heavy (non-hydrogen) atoms. The van der Waals surface area contributed by atoms with Crippen molar-refractivity contribution in [3.05, 3.63) is 53.9 Å². The number of halogens is 2. The molecule has 0 fully saturated rings. The fourth-order valence-electron chi connectivity index (χ4n) is 1.63. The maximum atomic E-state index is 13.5. The minimum Gasteiger partial charge on any atom is -0.321 e. The molecule has 1 heterocycles. The van der Waals surface area contributed by atoms with Crippen LogP contribution in [0.4, 0.5) is 14.5 Å². The third-order valence-electron chi connectivity index (χ3n) is 2.53. The molecule has 0 radical (unpaired) electrons. The molecule has 0 saturated carbocycles. The number of pyridine rings is 1. The zero-order chi connectivity index (χ0) is 14.5. The van der Waals surface area contributed by atoms with Crippen LogP contribution in [0, 0.1) is 11.8 Å². The largest absolute Gasteiger partial charge is 0.321 e. The Kier molecular flexibility index (Phi) is 4.68. The van der Waals surface area contributed by atoms with Gasteiger partial charge in [-0.25, -0.2) is 9.37 Å². The highest BCUT2D eigenvalue weighted by Crippen LogP contribution is 2.27. The van der Waals surface area contributed by atoms with E-state index in [-0.39, 0.29) is 5.56 Å². The molecule has 3 nitrogen and oxygen atoms in total. The summed E-state index contributed by atoms with van der Waals surface area (Å²) >= 11 is 1.55. The number of thioether (sulfide) groups is 1. The zero-order valence-corrected chi connectivity index (χ0v) is 11.5. The van der Waals surface area contributed by atoms with Crippen molar-refractivity contribution in [2.45, 2.75) is 11.8 Å². The zero-order valence-electron chi connectivity index (χ0n) is 10.7. The van der Waals surface area contributed by atoms with Gasteiger partial charge in [-0.3, -0.25) is 4.79 Å². The Morgan fingerprint density at radius 3 is 2.80 bits per heavy atom. The average Bonchev–Trinajstić information content (AvgIpc) is 2.44. The molecule has 2 aromatic rings. The molecule has 1 aromatic heterocycles. The van der Waals surface area contributed by atoms with E-state index in [4.69, 9.17) is 0 Å². The van der Waals surface area contributed by atoms with Crippen molar-refractivity contribution < 1.29 is 13.6 Å². The fourth-order valence-corrected chi connectivity index (χ4v) is 2.39. The third-order valence-corrected chi connectivity index (χ3v) is 3.48. The van der Waals surface area contributed by atoms with E-state index in [1.807, 2.05) is 19.1 Å². The van der Waals surface area contributed by atoms with E-state index in [9.17, 15) is 13.6 Å². The number of rotatable bonds is 4. The van der Waals surface area contributed by atoms with Gasteiger partial charge in [0.25, 0.3) is 5.91 Å². The van der Waals surface area contributed by atoms with Crippen LogP contribution >= 0.6 is 11.8 Å². The molecule has 2 rings (SSSR count). The maximum absolute atomic E-state index is 13.5. The second kappa shape index (κ2) is 6.47. The summed E-state index contributed by atoms with van der Waals surface area (Å²) < 4.78 is 26.5. The highest BCUT2D eigenvalue weighted by Gasteiger charge is 2.17. The first-order valence-corrected chi connectivity index (χ1v) is 6.95. The van der Waals surface area contributed by atoms with Gasteiger partial charge in [-0.1, -0.05) is 19.1 Å². The van der Waals surface area contributed by atoms with E-state index in [0.29, 0.717) is 5.69 Å². The van der Waals surface area contributed by atoms with Gasteiger partial charge >= 0.3 is 0 Å². The molecule has 0 unspecified atom stereocenters. The number of nitrogens with zero attached hydrogens (tertiary/aromatic N) is 1. The van der Waals surface area contributed by atoms with Crippen molar-refractivity contribution in [3.63, 3.8) is 0 Å². The van der Waals surface area contributed by atoms with Crippen LogP contribution in [0.15, 0.2) is 41.4 Å². The lowest BCUT2D eigenvalue weighted by Crippen LogP contribution is -2.15. The Bertz CT molecular complexity index is 634. The third kappa shape index (κ3) is 3.14. The molecular formula is C14H12F2N2OS. The first-order valence-electron chi connectivity index (χ1n) is 5.96. The monoisotopic (exact) mass is 294 g/mol. The summed E-state index contributed by atoms with van der Waals surface area (Å²) in [6, 6.07) is 8.32. The summed E-state index contributed by atoms with van der Waals surface area (Å²) in [4.78, 5) is 16.0. The number of para-hydroxylation sites is 1. The summed E-state index contributed by atoms with van der Waals surface area (Å²) in [5.74, 6) is -2.39. The summed E-state index contributed by atoms with van der Waals surface area (Å²) in [5.41, 5.74) is 0.203. The van der Waals surface area contributed by atoms with Gasteiger partial charge in [0.15, 0.2) is 5.82 Å². The van der Waals surface area contributed by atoms with Crippen LogP contribution in [0.2, 0.25) is 0 Å². The van der Waals surface area contributed by atoms with Crippen LogP contribution in [0.1, 0.15) is 17.3 Å². The fraction of sp³-hybridized carbons (Fsp3) is 0.143. The molecule has 6 heteroatoms. The highest BCUT2D eigenvalue weighted by atomic mass is 32.2. The van der Waals surface area contributed by atoms with Crippen LogP contribution in [0.5, 0.6) is 0 Å². The molecule has 1 N–H and O–H groups in total. The minimum absolute atomic E-state index is 0.367. The quantitative estimate of drug-likeness (QED) is 0.690. The summed E-state index contributed by atoms with van der Waals surface area (Å²) in [6.07, 6.45) is 1.06. The molecule has 0 bridgehead atoms. The van der Waals surface area contributed by atoms with Gasteiger partial charge < -0.3 is 5.32 Å². The normalized spacial score (nSPS) is 10.3. The van der Waals surface area contributed by atoms with Crippen LogP contribution in [0.25, 0.3) is 0 Å². The number of benzene rings is 1. The Labute approximate surface area is 119 Å². The molecule has 0 saturated heterocycles. The second-order valence-corrected chi connectivity index (χ2v) is 5.15. The Morgan fingerprint density at radius 1 is 1.30 bits per heavy atom. The predicted molar refractivity (Wildman–Crippen MR) is 74.9 cm³/mol. The van der Waals surface area contributed by atoms with Crippen molar-refractivity contribution in [1.82, 2.24) is 4.98 Å². The average molecular weight is 294 g/mol. The van der Waals surface area contributed by atoms with E-state index in [1.54, 1.807) is 23.9 Å². The predicted octanol–water partition coefficient (Wildman–Crippen LogP) is 3.72. The lowest BCUT2D eigenvalue weighted by atomic mass is 10.2. The van der Waals surface area contributed by atoms with E-state index in [0.717, 1.165) is 22.9 Å². The smallest absolute Gasteiger partial charge is 0.258 e. The van der Waals surface area contributed by atoms with Gasteiger partial charge in [-0.2, -0.15) is 4.39 Å². The minimum atomic E-state index is -1.28. The molecule has 0 atom stereocenters. The highest BCUT2D eigenvalue weighted by molar-refractivity contribution is 7.99. The first-order chi connectivity index (χ1) is 9.63. The number of carbonyl (C=O) groups is 1. The number of amides is 1. The number of hydrogen-bond acceptors (Lipinski definition) is 3. The van der Waals surface area contributed by atoms with Gasteiger partial charge in [-0.05, 0) is 24.0 Å². The van der Waals surface area contributed by atoms with Crippen LogP contribution in [-0.4, -0.2) is 16.6 Å². The number of hydrogen-bond donors (Lipinski definition) is 1. The SMILES string of the molecule is CCSc1ccccc1NC(=O)c1ccnc(F)c1F. The Balaban J connectivity index is 2.26. The molecule has 1 amide bonds. The lowest BCUT2D eigenvalue weighted by Gasteiger charge is -2.10. The molecule has 0 aliphatic rings. The van der Waals surface area contributed by atoms with Crippen molar-refractivity contribution in [3.8, 4) is 0 Å². The van der Waals surface area contributed by atoms with Gasteiger partial charge in [-0.15, -0.1) is 11.8 Å². The van der Waals surface area contributed by atoms with Gasteiger partial charge in [0.05, 0.1) is 11.3 Å². The van der Waals surface area contributed by atoms with Gasteiger partial charge in [0.2, 0.25) is 5.95 Å². The van der Waals surface area contributed by atoms with E-state index >= 15 is 0 Å². The van der Waals surface area contributed by atoms with E-state index < -0.39 is 17.7 Å². The van der Waals surface area contributed by atoms with Gasteiger partial charge in [0, 0.05) is 11.1 Å². The molecule has 1 aromatic carbocycles. The summed E-state index contributed by atoms with van der Waals surface area (Å²) in [5, 5.41) is 2.59. The Hall–Kier alpha value is -1.95. The van der Waals surface area contributed by atoms with Crippen LogP contribution < -0.4 is 5.32 Å². The van der Waals surface area contributed by atoms with Gasteiger partial charge in [0.1, 0.15) is 0 Å². The van der Waals surface area contributed by atoms with Crippen molar-refractivity contribution >= 4 is 23.4 Å². The number of aromatic nitrogens is 1.